The van der Waals surface area contributed by atoms with E-state index < -0.39 is 12.0 Å². The smallest absolute Gasteiger partial charge is 0.312 e. The number of esters is 1. The van der Waals surface area contributed by atoms with Gasteiger partial charge in [0, 0.05) is 18.4 Å². The van der Waals surface area contributed by atoms with Crippen molar-refractivity contribution >= 4 is 28.9 Å². The molecule has 0 bridgehead atoms. The van der Waals surface area contributed by atoms with Gasteiger partial charge in [-0.15, -0.1) is 0 Å². The zero-order valence-corrected chi connectivity index (χ0v) is 15.3. The molecule has 0 aliphatic rings. The Labute approximate surface area is 157 Å². The largest absolute Gasteiger partial charge is 0.459 e. The molecule has 0 aliphatic heterocycles. The Bertz CT molecular complexity index is 753. The quantitative estimate of drug-likeness (QED) is 0.434. The van der Waals surface area contributed by atoms with Gasteiger partial charge >= 0.3 is 12.0 Å². The van der Waals surface area contributed by atoms with Crippen molar-refractivity contribution in [1.29, 1.82) is 0 Å². The van der Waals surface area contributed by atoms with Gasteiger partial charge in [0.05, 0.1) is 6.04 Å². The average molecular weight is 375 g/mol. The van der Waals surface area contributed by atoms with Crippen LogP contribution in [0.1, 0.15) is 44.4 Å². The maximum absolute atomic E-state index is 11.9. The molecule has 3 amide bonds. The summed E-state index contributed by atoms with van der Waals surface area (Å²) in [5.41, 5.74) is 5.70. The van der Waals surface area contributed by atoms with Crippen LogP contribution in [0.5, 0.6) is 0 Å². The van der Waals surface area contributed by atoms with Crippen molar-refractivity contribution in [1.82, 2.24) is 10.6 Å². The van der Waals surface area contributed by atoms with Crippen molar-refractivity contribution in [3.8, 4) is 0 Å². The second kappa shape index (κ2) is 10.2. The van der Waals surface area contributed by atoms with Gasteiger partial charge in [-0.25, -0.2) is 4.79 Å². The molecule has 8 heteroatoms. The van der Waals surface area contributed by atoms with E-state index in [1.807, 2.05) is 30.3 Å². The Morgan fingerprint density at radius 3 is 2.70 bits per heavy atom. The summed E-state index contributed by atoms with van der Waals surface area (Å²) in [6.45, 7) is 1.96. The fraction of sp³-hybridized carbons (Fsp3) is 0.421. The average Bonchev–Trinajstić information content (AvgIpc) is 3.07. The van der Waals surface area contributed by atoms with Gasteiger partial charge in [-0.3, -0.25) is 9.59 Å². The highest BCUT2D eigenvalue weighted by atomic mass is 16.5. The highest BCUT2D eigenvalue weighted by molar-refractivity contribution is 5.81. The molecule has 4 N–H and O–H groups in total. The second-order valence-corrected chi connectivity index (χ2v) is 6.24. The summed E-state index contributed by atoms with van der Waals surface area (Å²) < 4.78 is 10.7. The molecular formula is C19H25N3O5. The number of amides is 3. The number of unbranched alkanes of at least 4 members (excludes halogenated alkanes) is 2. The van der Waals surface area contributed by atoms with E-state index in [2.05, 4.69) is 10.6 Å². The van der Waals surface area contributed by atoms with E-state index in [-0.39, 0.29) is 25.0 Å². The lowest BCUT2D eigenvalue weighted by atomic mass is 10.2. The van der Waals surface area contributed by atoms with Crippen LogP contribution in [-0.2, 0) is 14.3 Å². The number of ether oxygens (including phenoxy) is 1. The first kappa shape index (κ1) is 20.3. The number of benzene rings is 1. The number of fused-ring (bicyclic) bond motifs is 1. The Morgan fingerprint density at radius 2 is 1.96 bits per heavy atom. The number of rotatable bonds is 10. The molecule has 2 rings (SSSR count). The molecule has 0 unspecified atom stereocenters. The van der Waals surface area contributed by atoms with Gasteiger partial charge in [0.1, 0.15) is 11.3 Å². The molecule has 0 saturated carbocycles. The van der Waals surface area contributed by atoms with E-state index in [9.17, 15) is 14.4 Å². The van der Waals surface area contributed by atoms with Crippen LogP contribution in [0.2, 0.25) is 0 Å². The number of urea groups is 1. The SMILES string of the molecule is C[C@H](NC(=O)COC(=O)CCCCCNC(N)=O)c1cc2ccccc2o1. The molecule has 1 aromatic carbocycles. The van der Waals surface area contributed by atoms with E-state index in [1.165, 1.54) is 0 Å². The highest BCUT2D eigenvalue weighted by Gasteiger charge is 2.15. The van der Waals surface area contributed by atoms with E-state index in [0.29, 0.717) is 18.7 Å². The first-order valence-electron chi connectivity index (χ1n) is 8.92. The summed E-state index contributed by atoms with van der Waals surface area (Å²) in [6.07, 6.45) is 2.33. The second-order valence-electron chi connectivity index (χ2n) is 6.24. The van der Waals surface area contributed by atoms with Gasteiger partial charge < -0.3 is 25.5 Å². The summed E-state index contributed by atoms with van der Waals surface area (Å²) in [7, 11) is 0. The molecule has 8 nitrogen and oxygen atoms in total. The molecule has 0 spiro atoms. The van der Waals surface area contributed by atoms with Gasteiger partial charge in [0.15, 0.2) is 6.61 Å². The number of hydrogen-bond acceptors (Lipinski definition) is 5. The topological polar surface area (TPSA) is 124 Å². The minimum atomic E-state index is -0.558. The summed E-state index contributed by atoms with van der Waals surface area (Å²) in [5, 5.41) is 6.18. The fourth-order valence-electron chi connectivity index (χ4n) is 2.57. The van der Waals surface area contributed by atoms with E-state index in [4.69, 9.17) is 14.9 Å². The fourth-order valence-corrected chi connectivity index (χ4v) is 2.57. The van der Waals surface area contributed by atoms with Gasteiger partial charge in [-0.1, -0.05) is 24.6 Å². The Hall–Kier alpha value is -3.03. The molecule has 0 radical (unpaired) electrons. The van der Waals surface area contributed by atoms with Crippen LogP contribution in [-0.4, -0.2) is 31.1 Å². The number of hydrogen-bond donors (Lipinski definition) is 3. The van der Waals surface area contributed by atoms with Crippen LogP contribution in [0, 0.1) is 0 Å². The standard InChI is InChI=1S/C19H25N3O5/c1-13(16-11-14-7-4-5-8-15(14)27-16)22-17(23)12-26-18(24)9-3-2-6-10-21-19(20)25/h4-5,7-8,11,13H,2-3,6,9-10,12H2,1H3,(H,22,23)(H3,20,21,25)/t13-/m0/s1. The van der Waals surface area contributed by atoms with Crippen LogP contribution in [0.25, 0.3) is 11.0 Å². The predicted octanol–water partition coefficient (Wildman–Crippen LogP) is 2.38. The molecule has 0 aliphatic carbocycles. The number of para-hydroxylation sites is 1. The lowest BCUT2D eigenvalue weighted by Gasteiger charge is -2.11. The van der Waals surface area contributed by atoms with Crippen molar-refractivity contribution in [3.05, 3.63) is 36.1 Å². The predicted molar refractivity (Wildman–Crippen MR) is 99.8 cm³/mol. The van der Waals surface area contributed by atoms with Crippen molar-refractivity contribution in [2.24, 2.45) is 5.73 Å². The van der Waals surface area contributed by atoms with Crippen LogP contribution in [0.15, 0.2) is 34.7 Å². The third-order valence-electron chi connectivity index (χ3n) is 3.97. The minimum Gasteiger partial charge on any atom is -0.459 e. The molecule has 146 valence electrons. The third kappa shape index (κ3) is 7.01. The first-order chi connectivity index (χ1) is 13.0. The minimum absolute atomic E-state index is 0.225. The lowest BCUT2D eigenvalue weighted by Crippen LogP contribution is -2.31. The van der Waals surface area contributed by atoms with E-state index in [1.54, 1.807) is 6.92 Å². The molecule has 1 heterocycles. The summed E-state index contributed by atoms with van der Waals surface area (Å²) in [5.74, 6) is -0.174. The van der Waals surface area contributed by atoms with E-state index in [0.717, 1.165) is 23.8 Å². The Kier molecular flexibility index (Phi) is 7.66. The maximum Gasteiger partial charge on any atom is 0.312 e. The lowest BCUT2D eigenvalue weighted by molar-refractivity contribution is -0.148. The summed E-state index contributed by atoms with van der Waals surface area (Å²) >= 11 is 0. The number of furan rings is 1. The van der Waals surface area contributed by atoms with Crippen molar-refractivity contribution in [2.75, 3.05) is 13.2 Å². The summed E-state index contributed by atoms with van der Waals surface area (Å²) in [4.78, 5) is 34.1. The van der Waals surface area contributed by atoms with Crippen LogP contribution >= 0.6 is 0 Å². The number of carbonyl (C=O) groups excluding carboxylic acids is 3. The number of nitrogens with two attached hydrogens (primary N) is 1. The summed E-state index contributed by atoms with van der Waals surface area (Å²) in [6, 6.07) is 8.57. The van der Waals surface area contributed by atoms with Gasteiger partial charge in [0.2, 0.25) is 0 Å². The van der Waals surface area contributed by atoms with Gasteiger partial charge in [-0.05, 0) is 31.9 Å². The van der Waals surface area contributed by atoms with Crippen LogP contribution in [0.4, 0.5) is 4.79 Å². The Morgan fingerprint density at radius 1 is 1.19 bits per heavy atom. The first-order valence-corrected chi connectivity index (χ1v) is 8.92. The molecule has 2 aromatic rings. The normalized spacial score (nSPS) is 11.7. The molecule has 1 aromatic heterocycles. The zero-order chi connectivity index (χ0) is 19.6. The van der Waals surface area contributed by atoms with Crippen LogP contribution in [0.3, 0.4) is 0 Å². The Balaban J connectivity index is 1.63. The van der Waals surface area contributed by atoms with E-state index >= 15 is 0 Å². The third-order valence-corrected chi connectivity index (χ3v) is 3.97. The molecule has 1 atom stereocenters. The molecule has 0 saturated heterocycles. The highest BCUT2D eigenvalue weighted by Crippen LogP contribution is 2.23. The van der Waals surface area contributed by atoms with Crippen LogP contribution < -0.4 is 16.4 Å². The molecule has 27 heavy (non-hydrogen) atoms. The zero-order valence-electron chi connectivity index (χ0n) is 15.3. The number of primary amides is 1. The maximum atomic E-state index is 11.9. The van der Waals surface area contributed by atoms with Gasteiger partial charge in [0.25, 0.3) is 5.91 Å². The number of carbonyl (C=O) groups is 3. The monoisotopic (exact) mass is 375 g/mol. The van der Waals surface area contributed by atoms with Crippen molar-refractivity contribution < 1.29 is 23.5 Å². The molecular weight excluding hydrogens is 350 g/mol. The molecule has 0 fully saturated rings. The van der Waals surface area contributed by atoms with Crippen molar-refractivity contribution in [3.63, 3.8) is 0 Å². The number of nitrogens with one attached hydrogen (secondary N) is 2. The van der Waals surface area contributed by atoms with Gasteiger partial charge in [-0.2, -0.15) is 0 Å². The van der Waals surface area contributed by atoms with Crippen molar-refractivity contribution in [2.45, 2.75) is 38.6 Å².